The van der Waals surface area contributed by atoms with Crippen molar-refractivity contribution in [2.24, 2.45) is 29.6 Å². The number of ketones is 2. The number of carbonyl (C=O) groups excluding carboxylic acids is 5. The number of hydrogen-bond donors (Lipinski definition) is 2. The molecule has 0 spiro atoms. The number of fused-ring (bicyclic) bond motifs is 3. The summed E-state index contributed by atoms with van der Waals surface area (Å²) in [6, 6.07) is -1.16. The molecule has 0 aromatic heterocycles. The topological polar surface area (TPSA) is 184 Å². The molecule has 4 rings (SSSR count). The highest BCUT2D eigenvalue weighted by Gasteiger charge is 2.56. The number of Topliss-reactive ketones (excluding diaryl/α,β-unsaturated/α-hetero) is 2. The molecule has 1 saturated carbocycles. The third-order valence-electron chi connectivity index (χ3n) is 13.6. The normalized spacial score (nSPS) is 38.5. The van der Waals surface area contributed by atoms with E-state index in [9.17, 15) is 34.2 Å². The lowest BCUT2D eigenvalue weighted by Gasteiger charge is -2.47. The molecule has 0 radical (unpaired) electrons. The van der Waals surface area contributed by atoms with Gasteiger partial charge in [-0.05, 0) is 102 Å². The van der Waals surface area contributed by atoms with Gasteiger partial charge in [0.1, 0.15) is 30.1 Å². The molecule has 3 heterocycles. The average molecular weight is 874 g/mol. The van der Waals surface area contributed by atoms with Gasteiger partial charge in [0, 0.05) is 58.5 Å². The van der Waals surface area contributed by atoms with Crippen LogP contribution in [-0.2, 0) is 52.4 Å². The molecule has 0 aromatic rings. The van der Waals surface area contributed by atoms with Crippen LogP contribution < -0.4 is 0 Å². The van der Waals surface area contributed by atoms with Crippen LogP contribution in [0.2, 0.25) is 0 Å². The highest BCUT2D eigenvalue weighted by atomic mass is 16.7. The molecule has 1 amide bonds. The fourth-order valence-corrected chi connectivity index (χ4v) is 9.97. The van der Waals surface area contributed by atoms with Gasteiger partial charge in [-0.15, -0.1) is 6.58 Å². The number of ether oxygens (including phenoxy) is 6. The first-order chi connectivity index (χ1) is 29.4. The molecule has 0 unspecified atom stereocenters. The van der Waals surface area contributed by atoms with Crippen molar-refractivity contribution in [2.75, 3.05) is 27.9 Å². The zero-order valence-electron chi connectivity index (χ0n) is 38.7. The maximum atomic E-state index is 14.4. The number of aliphatic hydroxyl groups is 2. The first kappa shape index (κ1) is 51.4. The first-order valence-electron chi connectivity index (χ1n) is 22.8. The molecule has 3 fully saturated rings. The summed E-state index contributed by atoms with van der Waals surface area (Å²) in [5.74, 6) is -8.18. The summed E-state index contributed by atoms with van der Waals surface area (Å²) in [5.41, 5.74) is 1.59. The maximum absolute atomic E-state index is 14.4. The SMILES string of the molecule is C=CC[C@@H]1/C=C(\C)C[C@H](C)C[C@H](OC)[C@H]2O[C@@](O)(C(=O)C(=O)N3CCCC[C@H]3C(=O)O[C@H](/C(C)=C/[C@@H]3CC[C@@H](OC(=O)CCC)[C@H](OC)C3)[C@H](C)[C@@H](O)CC1=O)[C@H](C)C[C@@H]2OC. The molecule has 350 valence electrons. The number of cyclic esters (lactones) is 1. The van der Waals surface area contributed by atoms with Crippen molar-refractivity contribution in [2.45, 2.75) is 180 Å². The summed E-state index contributed by atoms with van der Waals surface area (Å²) in [7, 11) is 4.63. The second kappa shape index (κ2) is 23.6. The molecule has 62 heavy (non-hydrogen) atoms. The third kappa shape index (κ3) is 12.7. The maximum Gasteiger partial charge on any atom is 0.329 e. The Morgan fingerprint density at radius 1 is 0.952 bits per heavy atom. The van der Waals surface area contributed by atoms with E-state index in [0.717, 1.165) is 5.57 Å². The Morgan fingerprint density at radius 3 is 2.27 bits per heavy atom. The first-order valence-corrected chi connectivity index (χ1v) is 22.8. The quantitative estimate of drug-likeness (QED) is 0.148. The largest absolute Gasteiger partial charge is 0.460 e. The minimum atomic E-state index is -2.52. The van der Waals surface area contributed by atoms with Crippen LogP contribution >= 0.6 is 0 Å². The van der Waals surface area contributed by atoms with Crippen molar-refractivity contribution in [3.05, 3.63) is 36.0 Å². The number of allylic oxidation sites excluding steroid dienone is 4. The Balaban J connectivity index is 1.75. The van der Waals surface area contributed by atoms with Crippen molar-refractivity contribution in [1.29, 1.82) is 0 Å². The standard InChI is InChI=1S/C48H75NO13/c1-11-15-34-22-28(3)21-29(4)23-40(58-9)44-41(59-10)25-31(6)48(56,62-44)45(53)46(54)49-20-14-13-17-35(49)47(55)61-43(32(7)36(50)27-37(34)51)30(5)24-33-18-19-38(39(26-33)57-8)60-42(52)16-12-2/h11,22,24,29,31-36,38-41,43-44,50,56H,1,12-21,23,25-27H2,2-10H3/b28-22+,30-24+/t29-,31+,32+,33-,34+,35-,36-,38+,39+,40-,41-,43+,44+,48+/m0/s1. The van der Waals surface area contributed by atoms with Crippen LogP contribution in [-0.4, -0.2) is 127 Å². The molecule has 0 aromatic carbocycles. The molecule has 14 atom stereocenters. The van der Waals surface area contributed by atoms with Gasteiger partial charge in [0.25, 0.3) is 11.7 Å². The number of hydrogen-bond acceptors (Lipinski definition) is 13. The predicted molar refractivity (Wildman–Crippen MR) is 231 cm³/mol. The molecule has 2 saturated heterocycles. The lowest BCUT2D eigenvalue weighted by atomic mass is 9.81. The highest BCUT2D eigenvalue weighted by Crippen LogP contribution is 2.39. The second-order valence-electron chi connectivity index (χ2n) is 18.5. The van der Waals surface area contributed by atoms with E-state index in [4.69, 9.17) is 28.4 Å². The lowest BCUT2D eigenvalue weighted by Crippen LogP contribution is -2.64. The summed E-state index contributed by atoms with van der Waals surface area (Å²) in [5, 5.41) is 23.9. The van der Waals surface area contributed by atoms with E-state index < -0.39 is 83.9 Å². The van der Waals surface area contributed by atoms with E-state index >= 15 is 0 Å². The number of piperidine rings is 1. The van der Waals surface area contributed by atoms with Crippen LogP contribution in [0, 0.1) is 29.6 Å². The van der Waals surface area contributed by atoms with Gasteiger partial charge in [0.2, 0.25) is 5.79 Å². The van der Waals surface area contributed by atoms with Crippen molar-refractivity contribution >= 4 is 29.4 Å². The number of aliphatic hydroxyl groups excluding tert-OH is 1. The Morgan fingerprint density at radius 2 is 1.63 bits per heavy atom. The van der Waals surface area contributed by atoms with Gasteiger partial charge < -0.3 is 43.5 Å². The second-order valence-corrected chi connectivity index (χ2v) is 18.5. The van der Waals surface area contributed by atoms with Crippen LogP contribution in [0.25, 0.3) is 0 Å². The predicted octanol–water partition coefficient (Wildman–Crippen LogP) is 5.99. The molecule has 2 N–H and O–H groups in total. The molecule has 1 aliphatic carbocycles. The lowest BCUT2D eigenvalue weighted by molar-refractivity contribution is -0.302. The van der Waals surface area contributed by atoms with Crippen molar-refractivity contribution in [3.8, 4) is 0 Å². The van der Waals surface area contributed by atoms with Crippen LogP contribution in [0.15, 0.2) is 36.0 Å². The fourth-order valence-electron chi connectivity index (χ4n) is 9.97. The van der Waals surface area contributed by atoms with Crippen molar-refractivity contribution in [1.82, 2.24) is 4.90 Å². The van der Waals surface area contributed by atoms with E-state index in [-0.39, 0.29) is 55.5 Å². The zero-order valence-corrected chi connectivity index (χ0v) is 38.7. The number of methoxy groups -OCH3 is 3. The Bertz CT molecular complexity index is 1630. The summed E-state index contributed by atoms with van der Waals surface area (Å²) in [6.45, 7) is 15.0. The highest BCUT2D eigenvalue weighted by molar-refractivity contribution is 6.39. The Hall–Kier alpha value is -3.27. The monoisotopic (exact) mass is 874 g/mol. The molecular weight excluding hydrogens is 799 g/mol. The molecule has 3 aliphatic heterocycles. The van der Waals surface area contributed by atoms with Crippen molar-refractivity contribution in [3.63, 3.8) is 0 Å². The smallest absolute Gasteiger partial charge is 0.329 e. The number of carbonyl (C=O) groups is 5. The Kier molecular flexibility index (Phi) is 19.6. The van der Waals surface area contributed by atoms with Crippen LogP contribution in [0.4, 0.5) is 0 Å². The fraction of sp³-hybridized carbons (Fsp3) is 0.771. The minimum Gasteiger partial charge on any atom is -0.460 e. The molecular formula is C48H75NO13. The van der Waals surface area contributed by atoms with Crippen molar-refractivity contribution < 1.29 is 62.6 Å². The molecule has 4 aliphatic rings. The Labute approximate surface area is 369 Å². The van der Waals surface area contributed by atoms with Crippen LogP contribution in [0.1, 0.15) is 125 Å². The number of esters is 2. The minimum absolute atomic E-state index is 0.000584. The van der Waals surface area contributed by atoms with Gasteiger partial charge in [0.05, 0.1) is 24.4 Å². The summed E-state index contributed by atoms with van der Waals surface area (Å²) < 4.78 is 35.9. The third-order valence-corrected chi connectivity index (χ3v) is 13.6. The summed E-state index contributed by atoms with van der Waals surface area (Å²) in [6.07, 6.45) is 5.99. The van der Waals surface area contributed by atoms with Gasteiger partial charge in [-0.1, -0.05) is 51.5 Å². The zero-order chi connectivity index (χ0) is 45.9. The molecule has 2 bridgehead atoms. The van der Waals surface area contributed by atoms with E-state index in [1.165, 1.54) is 19.1 Å². The summed E-state index contributed by atoms with van der Waals surface area (Å²) in [4.78, 5) is 70.6. The van der Waals surface area contributed by atoms with Crippen LogP contribution in [0.3, 0.4) is 0 Å². The van der Waals surface area contributed by atoms with E-state index in [1.54, 1.807) is 27.0 Å². The average Bonchev–Trinajstić information content (AvgIpc) is 3.24. The molecule has 14 heteroatoms. The van der Waals surface area contributed by atoms with Gasteiger partial charge in [0.15, 0.2) is 0 Å². The van der Waals surface area contributed by atoms with Gasteiger partial charge in [-0.3, -0.25) is 19.2 Å². The summed E-state index contributed by atoms with van der Waals surface area (Å²) >= 11 is 0. The van der Waals surface area contributed by atoms with Gasteiger partial charge >= 0.3 is 11.9 Å². The van der Waals surface area contributed by atoms with E-state index in [1.807, 2.05) is 39.8 Å². The number of rotatable bonds is 10. The molecule has 14 nitrogen and oxygen atoms in total. The number of amides is 1. The van der Waals surface area contributed by atoms with Gasteiger partial charge in [-0.25, -0.2) is 4.79 Å². The van der Waals surface area contributed by atoms with E-state index in [0.29, 0.717) is 69.8 Å². The van der Waals surface area contributed by atoms with E-state index in [2.05, 4.69) is 6.58 Å². The number of nitrogens with zero attached hydrogens (tertiary/aromatic N) is 1. The van der Waals surface area contributed by atoms with Crippen LogP contribution in [0.5, 0.6) is 0 Å². The van der Waals surface area contributed by atoms with Gasteiger partial charge in [-0.2, -0.15) is 0 Å².